The van der Waals surface area contributed by atoms with Crippen LogP contribution in [0.15, 0.2) is 70.6 Å². The van der Waals surface area contributed by atoms with Crippen LogP contribution in [0.1, 0.15) is 11.1 Å². The van der Waals surface area contributed by atoms with Crippen LogP contribution in [0.2, 0.25) is 0 Å². The van der Waals surface area contributed by atoms with Crippen LogP contribution in [0.25, 0.3) is 0 Å². The Balaban J connectivity index is 1.85. The summed E-state index contributed by atoms with van der Waals surface area (Å²) in [4.78, 5) is 24.6. The molecule has 0 radical (unpaired) electrons. The Labute approximate surface area is 156 Å². The van der Waals surface area contributed by atoms with Gasteiger partial charge in [-0.15, -0.1) is 0 Å². The fourth-order valence-corrected chi connectivity index (χ4v) is 3.88. The van der Waals surface area contributed by atoms with Crippen molar-refractivity contribution in [3.05, 3.63) is 82.5 Å². The number of amides is 1. The van der Waals surface area contributed by atoms with Gasteiger partial charge in [-0.05, 0) is 49.2 Å². The predicted octanol–water partition coefficient (Wildman–Crippen LogP) is 2.14. The zero-order valence-electron chi connectivity index (χ0n) is 14.9. The molecule has 0 aliphatic heterocycles. The normalized spacial score (nSPS) is 11.3. The first kappa shape index (κ1) is 18.7. The van der Waals surface area contributed by atoms with Crippen LogP contribution in [-0.4, -0.2) is 22.9 Å². The third kappa shape index (κ3) is 3.85. The molecule has 7 nitrogen and oxygen atoms in total. The number of nitrogens with zero attached hydrogens (tertiary/aromatic N) is 2. The maximum atomic E-state index is 12.8. The van der Waals surface area contributed by atoms with Crippen molar-refractivity contribution >= 4 is 21.6 Å². The van der Waals surface area contributed by atoms with E-state index in [-0.39, 0.29) is 11.4 Å². The number of para-hydroxylation sites is 1. The van der Waals surface area contributed by atoms with Gasteiger partial charge < -0.3 is 5.32 Å². The van der Waals surface area contributed by atoms with Gasteiger partial charge in [-0.2, -0.15) is 3.97 Å². The van der Waals surface area contributed by atoms with Crippen molar-refractivity contribution in [2.75, 3.05) is 5.32 Å². The highest BCUT2D eigenvalue weighted by atomic mass is 32.2. The van der Waals surface area contributed by atoms with Crippen LogP contribution in [0.4, 0.5) is 5.69 Å². The third-order valence-electron chi connectivity index (χ3n) is 4.22. The number of hydrogen-bond donors (Lipinski definition) is 1. The van der Waals surface area contributed by atoms with E-state index in [0.29, 0.717) is 9.66 Å². The Morgan fingerprint density at radius 3 is 2.37 bits per heavy atom. The van der Waals surface area contributed by atoms with E-state index in [4.69, 9.17) is 0 Å². The second kappa shape index (κ2) is 7.24. The van der Waals surface area contributed by atoms with Crippen LogP contribution in [0.5, 0.6) is 0 Å². The standard InChI is InChI=1S/C19H19N3O4S/c1-14-8-9-17(12-15(14)2)27(25,26)22-11-10-21(19(22)24)13-18(23)20-16-6-4-3-5-7-16/h3-12H,13H2,1-2H3,(H,20,23). The summed E-state index contributed by atoms with van der Waals surface area (Å²) in [6.07, 6.45) is 2.44. The second-order valence-corrected chi connectivity index (χ2v) is 7.98. The number of hydrogen-bond acceptors (Lipinski definition) is 4. The number of imidazole rings is 1. The van der Waals surface area contributed by atoms with Crippen molar-refractivity contribution in [3.8, 4) is 0 Å². The quantitative estimate of drug-likeness (QED) is 0.729. The lowest BCUT2D eigenvalue weighted by atomic mass is 10.1. The molecule has 0 aliphatic carbocycles. The fraction of sp³-hybridized carbons (Fsp3) is 0.158. The van der Waals surface area contributed by atoms with E-state index >= 15 is 0 Å². The van der Waals surface area contributed by atoms with E-state index < -0.39 is 21.6 Å². The van der Waals surface area contributed by atoms with Crippen molar-refractivity contribution in [2.45, 2.75) is 25.3 Å². The first-order valence-corrected chi connectivity index (χ1v) is 9.68. The fourth-order valence-electron chi connectivity index (χ4n) is 2.56. The minimum atomic E-state index is -4.03. The monoisotopic (exact) mass is 385 g/mol. The first-order chi connectivity index (χ1) is 12.8. The number of nitrogens with one attached hydrogen (secondary N) is 1. The van der Waals surface area contributed by atoms with Gasteiger partial charge in [0.2, 0.25) is 5.91 Å². The van der Waals surface area contributed by atoms with Gasteiger partial charge >= 0.3 is 5.69 Å². The minimum Gasteiger partial charge on any atom is -0.325 e. The van der Waals surface area contributed by atoms with Gasteiger partial charge in [-0.3, -0.25) is 9.36 Å². The molecule has 1 amide bonds. The number of carbonyl (C=O) groups is 1. The highest BCUT2D eigenvalue weighted by molar-refractivity contribution is 7.90. The topological polar surface area (TPSA) is 90.2 Å². The molecule has 1 heterocycles. The lowest BCUT2D eigenvalue weighted by Gasteiger charge is -2.07. The molecule has 0 aliphatic rings. The predicted molar refractivity (Wildman–Crippen MR) is 102 cm³/mol. The van der Waals surface area contributed by atoms with E-state index in [9.17, 15) is 18.0 Å². The molecule has 140 valence electrons. The number of aromatic nitrogens is 2. The van der Waals surface area contributed by atoms with Gasteiger partial charge in [0, 0.05) is 18.1 Å². The average molecular weight is 385 g/mol. The number of carbonyl (C=O) groups excluding carboxylic acids is 1. The van der Waals surface area contributed by atoms with Gasteiger partial charge in [0.05, 0.1) is 4.90 Å². The summed E-state index contributed by atoms with van der Waals surface area (Å²) in [6.45, 7) is 3.39. The van der Waals surface area contributed by atoms with Gasteiger partial charge in [0.1, 0.15) is 6.54 Å². The van der Waals surface area contributed by atoms with Crippen LogP contribution >= 0.6 is 0 Å². The van der Waals surface area contributed by atoms with Gasteiger partial charge in [-0.1, -0.05) is 24.3 Å². The summed E-state index contributed by atoms with van der Waals surface area (Å²) < 4.78 is 27.2. The summed E-state index contributed by atoms with van der Waals surface area (Å²) in [5, 5.41) is 2.65. The average Bonchev–Trinajstić information content (AvgIpc) is 2.99. The lowest BCUT2D eigenvalue weighted by Crippen LogP contribution is -2.32. The third-order valence-corrected chi connectivity index (χ3v) is 5.87. The molecule has 1 aromatic heterocycles. The highest BCUT2D eigenvalue weighted by Crippen LogP contribution is 2.16. The molecule has 1 N–H and O–H groups in total. The van der Waals surface area contributed by atoms with Crippen LogP contribution in [-0.2, 0) is 21.4 Å². The molecule has 0 unspecified atom stereocenters. The van der Waals surface area contributed by atoms with Gasteiger partial charge in [-0.25, -0.2) is 13.2 Å². The Hall–Kier alpha value is -3.13. The van der Waals surface area contributed by atoms with Crippen LogP contribution in [0.3, 0.4) is 0 Å². The Bertz CT molecular complexity index is 1150. The zero-order valence-corrected chi connectivity index (χ0v) is 15.7. The van der Waals surface area contributed by atoms with Gasteiger partial charge in [0.25, 0.3) is 10.0 Å². The van der Waals surface area contributed by atoms with Crippen molar-refractivity contribution in [1.82, 2.24) is 8.54 Å². The Morgan fingerprint density at radius 2 is 1.70 bits per heavy atom. The molecule has 0 bridgehead atoms. The molecule has 0 atom stereocenters. The molecule has 0 fully saturated rings. The first-order valence-electron chi connectivity index (χ1n) is 8.24. The molecule has 8 heteroatoms. The van der Waals surface area contributed by atoms with E-state index in [2.05, 4.69) is 5.32 Å². The Morgan fingerprint density at radius 1 is 1.00 bits per heavy atom. The summed E-state index contributed by atoms with van der Waals surface area (Å²) in [5.41, 5.74) is 1.57. The molecule has 2 aromatic carbocycles. The Kier molecular flexibility index (Phi) is 5.00. The highest BCUT2D eigenvalue weighted by Gasteiger charge is 2.21. The van der Waals surface area contributed by atoms with E-state index in [0.717, 1.165) is 21.9 Å². The molecule has 0 saturated carbocycles. The number of rotatable bonds is 5. The molecule has 0 saturated heterocycles. The number of benzene rings is 2. The van der Waals surface area contributed by atoms with Crippen LogP contribution < -0.4 is 11.0 Å². The number of anilines is 1. The molecule has 3 aromatic rings. The summed E-state index contributed by atoms with van der Waals surface area (Å²) in [5.74, 6) is -0.426. The molecular formula is C19H19N3O4S. The summed E-state index contributed by atoms with van der Waals surface area (Å²) in [6, 6.07) is 13.5. The van der Waals surface area contributed by atoms with Crippen molar-refractivity contribution < 1.29 is 13.2 Å². The largest absolute Gasteiger partial charge is 0.342 e. The maximum Gasteiger partial charge on any atom is 0.342 e. The molecule has 27 heavy (non-hydrogen) atoms. The van der Waals surface area contributed by atoms with E-state index in [1.54, 1.807) is 37.3 Å². The van der Waals surface area contributed by atoms with Crippen molar-refractivity contribution in [1.29, 1.82) is 0 Å². The molecular weight excluding hydrogens is 366 g/mol. The zero-order chi connectivity index (χ0) is 19.6. The van der Waals surface area contributed by atoms with E-state index in [1.807, 2.05) is 13.0 Å². The van der Waals surface area contributed by atoms with Crippen LogP contribution in [0, 0.1) is 13.8 Å². The van der Waals surface area contributed by atoms with Crippen molar-refractivity contribution in [3.63, 3.8) is 0 Å². The molecule has 3 rings (SSSR count). The summed E-state index contributed by atoms with van der Waals surface area (Å²) >= 11 is 0. The van der Waals surface area contributed by atoms with Gasteiger partial charge in [0.15, 0.2) is 0 Å². The molecule has 0 spiro atoms. The van der Waals surface area contributed by atoms with E-state index in [1.165, 1.54) is 18.3 Å². The maximum absolute atomic E-state index is 12.8. The number of aryl methyl sites for hydroxylation is 2. The smallest absolute Gasteiger partial charge is 0.325 e. The minimum absolute atomic E-state index is 0.0270. The lowest BCUT2D eigenvalue weighted by molar-refractivity contribution is -0.116. The summed E-state index contributed by atoms with van der Waals surface area (Å²) in [7, 11) is -4.03. The SMILES string of the molecule is Cc1ccc(S(=O)(=O)n2ccn(CC(=O)Nc3ccccc3)c2=O)cc1C. The van der Waals surface area contributed by atoms with Crippen molar-refractivity contribution in [2.24, 2.45) is 0 Å². The second-order valence-electron chi connectivity index (χ2n) is 6.17.